The van der Waals surface area contributed by atoms with E-state index < -0.39 is 11.6 Å². The Morgan fingerprint density at radius 3 is 2.43 bits per heavy atom. The van der Waals surface area contributed by atoms with Crippen LogP contribution in [0.25, 0.3) is 6.08 Å². The second kappa shape index (κ2) is 8.49. The number of methoxy groups -OCH3 is 2. The molecule has 0 aliphatic carbocycles. The number of fused-ring (bicyclic) bond motifs is 1. The lowest BCUT2D eigenvalue weighted by Crippen LogP contribution is -2.27. The van der Waals surface area contributed by atoms with Crippen LogP contribution in [-0.4, -0.2) is 38.2 Å². The first-order valence-corrected chi connectivity index (χ1v) is 9.35. The molecule has 0 amide bonds. The highest BCUT2D eigenvalue weighted by Crippen LogP contribution is 2.36. The third-order valence-electron chi connectivity index (χ3n) is 4.15. The molecule has 0 radical (unpaired) electrons. The Morgan fingerprint density at radius 1 is 1.03 bits per heavy atom. The summed E-state index contributed by atoms with van der Waals surface area (Å²) in [7, 11) is 3.10. The van der Waals surface area contributed by atoms with Crippen LogP contribution in [0.4, 0.5) is 0 Å². The van der Waals surface area contributed by atoms with Gasteiger partial charge in [0.15, 0.2) is 12.4 Å². The van der Waals surface area contributed by atoms with E-state index in [1.165, 1.54) is 7.11 Å². The van der Waals surface area contributed by atoms with Crippen molar-refractivity contribution in [3.63, 3.8) is 0 Å². The Balaban J connectivity index is 1.75. The summed E-state index contributed by atoms with van der Waals surface area (Å²) < 4.78 is 27.0. The average molecular weight is 412 g/mol. The Hall–Kier alpha value is -3.48. The molecule has 0 saturated heterocycles. The predicted molar refractivity (Wildman–Crippen MR) is 110 cm³/mol. The lowest BCUT2D eigenvalue weighted by atomic mass is 10.1. The van der Waals surface area contributed by atoms with E-state index in [1.807, 2.05) is 0 Å². The predicted octanol–water partition coefficient (Wildman–Crippen LogP) is 4.04. The van der Waals surface area contributed by atoms with Gasteiger partial charge in [0, 0.05) is 17.7 Å². The Morgan fingerprint density at radius 2 is 1.77 bits per heavy atom. The Bertz CT molecular complexity index is 999. The second-order valence-electron chi connectivity index (χ2n) is 7.58. The number of allylic oxidation sites excluding steroid dienone is 1. The monoisotopic (exact) mass is 412 g/mol. The minimum atomic E-state index is -0.587. The quantitative estimate of drug-likeness (QED) is 0.523. The molecular weight excluding hydrogens is 388 g/mol. The van der Waals surface area contributed by atoms with Crippen molar-refractivity contribution in [3.05, 3.63) is 53.3 Å². The molecule has 0 saturated carbocycles. The molecule has 158 valence electrons. The van der Waals surface area contributed by atoms with Crippen molar-refractivity contribution in [2.75, 3.05) is 20.8 Å². The van der Waals surface area contributed by atoms with E-state index in [-0.39, 0.29) is 18.1 Å². The van der Waals surface area contributed by atoms with Crippen LogP contribution in [0.3, 0.4) is 0 Å². The number of hydrogen-bond donors (Lipinski definition) is 0. The maximum absolute atomic E-state index is 12.7. The lowest BCUT2D eigenvalue weighted by molar-refractivity contribution is -0.157. The van der Waals surface area contributed by atoms with Crippen molar-refractivity contribution in [3.8, 4) is 23.0 Å². The van der Waals surface area contributed by atoms with Gasteiger partial charge in [0.05, 0.1) is 19.8 Å². The standard InChI is InChI=1S/C23H24O7/c1-23(2,3)30-21(24)13-28-16-8-9-17-19(12-16)29-20(22(17)25)10-14-6-7-15(26-4)11-18(14)27-5/h6-12H,13H2,1-5H3. The number of carbonyl (C=O) groups excluding carboxylic acids is 2. The zero-order chi connectivity index (χ0) is 21.9. The fraction of sp³-hybridized carbons (Fsp3) is 0.304. The van der Waals surface area contributed by atoms with Crippen LogP contribution in [0, 0.1) is 0 Å². The molecular formula is C23H24O7. The van der Waals surface area contributed by atoms with Gasteiger partial charge in [-0.05, 0) is 51.1 Å². The van der Waals surface area contributed by atoms with Crippen LogP contribution < -0.4 is 18.9 Å². The summed E-state index contributed by atoms with van der Waals surface area (Å²) in [6.07, 6.45) is 1.61. The molecule has 2 aromatic rings. The van der Waals surface area contributed by atoms with Crippen LogP contribution in [0.1, 0.15) is 36.7 Å². The van der Waals surface area contributed by atoms with Crippen LogP contribution in [0.15, 0.2) is 42.2 Å². The lowest BCUT2D eigenvalue weighted by Gasteiger charge is -2.19. The highest BCUT2D eigenvalue weighted by molar-refractivity contribution is 6.14. The summed E-state index contributed by atoms with van der Waals surface area (Å²) in [5.74, 6) is 1.39. The first kappa shape index (κ1) is 21.2. The number of benzene rings is 2. The summed E-state index contributed by atoms with van der Waals surface area (Å²) in [4.78, 5) is 24.5. The van der Waals surface area contributed by atoms with Crippen LogP contribution in [0.5, 0.6) is 23.0 Å². The molecule has 0 atom stereocenters. The number of carbonyl (C=O) groups is 2. The van der Waals surface area contributed by atoms with Gasteiger partial charge in [0.25, 0.3) is 0 Å². The van der Waals surface area contributed by atoms with E-state index in [0.717, 1.165) is 0 Å². The molecule has 0 aromatic heterocycles. The topological polar surface area (TPSA) is 80.3 Å². The first-order chi connectivity index (χ1) is 14.2. The van der Waals surface area contributed by atoms with E-state index in [9.17, 15) is 9.59 Å². The van der Waals surface area contributed by atoms with Gasteiger partial charge < -0.3 is 23.7 Å². The third kappa shape index (κ3) is 4.92. The van der Waals surface area contributed by atoms with Gasteiger partial charge in [-0.2, -0.15) is 0 Å². The van der Waals surface area contributed by atoms with E-state index >= 15 is 0 Å². The highest BCUT2D eigenvalue weighted by Gasteiger charge is 2.28. The molecule has 7 nitrogen and oxygen atoms in total. The number of esters is 1. The van der Waals surface area contributed by atoms with Crippen molar-refractivity contribution in [2.24, 2.45) is 0 Å². The molecule has 0 N–H and O–H groups in total. The number of Topliss-reactive ketones (excluding diaryl/α,β-unsaturated/α-hetero) is 1. The van der Waals surface area contributed by atoms with Gasteiger partial charge in [-0.25, -0.2) is 4.79 Å². The van der Waals surface area contributed by atoms with Gasteiger partial charge in [0.2, 0.25) is 5.78 Å². The maximum Gasteiger partial charge on any atom is 0.344 e. The molecule has 0 fully saturated rings. The molecule has 7 heteroatoms. The largest absolute Gasteiger partial charge is 0.497 e. The number of rotatable bonds is 6. The fourth-order valence-corrected chi connectivity index (χ4v) is 2.85. The Kier molecular flexibility index (Phi) is 6.01. The van der Waals surface area contributed by atoms with Gasteiger partial charge in [-0.15, -0.1) is 0 Å². The van der Waals surface area contributed by atoms with Crippen molar-refractivity contribution >= 4 is 17.8 Å². The summed E-state index contributed by atoms with van der Waals surface area (Å²) in [6.45, 7) is 5.11. The summed E-state index contributed by atoms with van der Waals surface area (Å²) in [5, 5.41) is 0. The SMILES string of the molecule is COc1ccc(C=C2Oc3cc(OCC(=O)OC(C)(C)C)ccc3C2=O)c(OC)c1. The summed E-state index contributed by atoms with van der Waals surface area (Å²) >= 11 is 0. The zero-order valence-corrected chi connectivity index (χ0v) is 17.6. The minimum Gasteiger partial charge on any atom is -0.497 e. The molecule has 1 heterocycles. The van der Waals surface area contributed by atoms with Crippen molar-refractivity contribution in [2.45, 2.75) is 26.4 Å². The number of ether oxygens (including phenoxy) is 5. The second-order valence-corrected chi connectivity index (χ2v) is 7.58. The van der Waals surface area contributed by atoms with Crippen LogP contribution in [-0.2, 0) is 9.53 Å². The molecule has 0 bridgehead atoms. The Labute approximate surface area is 175 Å². The first-order valence-electron chi connectivity index (χ1n) is 9.35. The summed E-state index contributed by atoms with van der Waals surface area (Å²) in [5.41, 5.74) is 0.505. The maximum atomic E-state index is 12.7. The molecule has 0 spiro atoms. The van der Waals surface area contributed by atoms with Crippen molar-refractivity contribution in [1.29, 1.82) is 0 Å². The molecule has 30 heavy (non-hydrogen) atoms. The number of ketones is 1. The fourth-order valence-electron chi connectivity index (χ4n) is 2.85. The highest BCUT2D eigenvalue weighted by atomic mass is 16.6. The van der Waals surface area contributed by atoms with E-state index in [1.54, 1.807) is 70.4 Å². The van der Waals surface area contributed by atoms with Gasteiger partial charge >= 0.3 is 5.97 Å². The van der Waals surface area contributed by atoms with Crippen molar-refractivity contribution < 1.29 is 33.3 Å². The van der Waals surface area contributed by atoms with Gasteiger partial charge in [-0.3, -0.25) is 4.79 Å². The van der Waals surface area contributed by atoms with Gasteiger partial charge in [-0.1, -0.05) is 0 Å². The smallest absolute Gasteiger partial charge is 0.344 e. The van der Waals surface area contributed by atoms with E-state index in [2.05, 4.69) is 0 Å². The van der Waals surface area contributed by atoms with E-state index in [4.69, 9.17) is 23.7 Å². The van der Waals surface area contributed by atoms with Gasteiger partial charge in [0.1, 0.15) is 28.6 Å². The molecule has 0 unspecified atom stereocenters. The minimum absolute atomic E-state index is 0.165. The summed E-state index contributed by atoms with van der Waals surface area (Å²) in [6, 6.07) is 10.1. The van der Waals surface area contributed by atoms with Crippen molar-refractivity contribution in [1.82, 2.24) is 0 Å². The van der Waals surface area contributed by atoms with Crippen LogP contribution >= 0.6 is 0 Å². The third-order valence-corrected chi connectivity index (χ3v) is 4.15. The normalized spacial score (nSPS) is 14.2. The van der Waals surface area contributed by atoms with Crippen LogP contribution in [0.2, 0.25) is 0 Å². The molecule has 2 aromatic carbocycles. The average Bonchev–Trinajstić information content (AvgIpc) is 3.00. The molecule has 1 aliphatic rings. The number of hydrogen-bond acceptors (Lipinski definition) is 7. The molecule has 3 rings (SSSR count). The molecule has 1 aliphatic heterocycles. The zero-order valence-electron chi connectivity index (χ0n) is 17.6. The van der Waals surface area contributed by atoms with E-state index in [0.29, 0.717) is 34.1 Å².